The van der Waals surface area contributed by atoms with Crippen LogP contribution in [0.2, 0.25) is 0 Å². The maximum atomic E-state index is 12.0. The molecule has 1 N–H and O–H groups in total. The Kier molecular flexibility index (Phi) is 5.68. The number of benzene rings is 1. The molecule has 1 aliphatic rings. The second-order valence-corrected chi connectivity index (χ2v) is 8.19. The molecule has 1 aromatic carbocycles. The first kappa shape index (κ1) is 20.4. The van der Waals surface area contributed by atoms with Gasteiger partial charge in [-0.3, -0.25) is 4.79 Å². The van der Waals surface area contributed by atoms with Crippen molar-refractivity contribution >= 4 is 10.9 Å². The number of hydrogen-bond donors (Lipinski definition) is 1. The lowest BCUT2D eigenvalue weighted by atomic mass is 9.89. The van der Waals surface area contributed by atoms with E-state index in [0.717, 1.165) is 37.4 Å². The van der Waals surface area contributed by atoms with E-state index in [2.05, 4.69) is 49.2 Å². The normalized spacial score (nSPS) is 15.3. The number of ether oxygens (including phenoxy) is 1. The number of nitrogens with one attached hydrogen (secondary N) is 1. The fourth-order valence-corrected chi connectivity index (χ4v) is 4.41. The molecule has 32 heavy (non-hydrogen) atoms. The van der Waals surface area contributed by atoms with Crippen LogP contribution in [0.4, 0.5) is 0 Å². The number of aromatic nitrogens is 5. The van der Waals surface area contributed by atoms with Crippen LogP contribution in [0.5, 0.6) is 5.75 Å². The van der Waals surface area contributed by atoms with Crippen LogP contribution >= 0.6 is 0 Å². The van der Waals surface area contributed by atoms with Gasteiger partial charge < -0.3 is 14.6 Å². The summed E-state index contributed by atoms with van der Waals surface area (Å²) in [6.07, 6.45) is 10.1. The Morgan fingerprint density at radius 3 is 2.72 bits per heavy atom. The van der Waals surface area contributed by atoms with Crippen LogP contribution in [0.3, 0.4) is 0 Å². The van der Waals surface area contributed by atoms with E-state index in [4.69, 9.17) is 4.74 Å². The molecule has 8 heteroatoms. The molecule has 4 heterocycles. The quantitative estimate of drug-likeness (QED) is 0.506. The molecule has 8 nitrogen and oxygen atoms in total. The molecule has 0 spiro atoms. The standard InChI is InChI=1S/C24H26N6O2/c1-32-20-4-2-18(3-5-20)19-8-12-29(13-9-19)11-7-17-14-28-30(15-17)23-22-21(6-10-25-23)24(31)27-16-26-22/h2-6,10,14-16,19H,7-9,11-13H2,1H3,(H,26,27,31). The Bertz CT molecular complexity index is 1260. The van der Waals surface area contributed by atoms with Crippen LogP contribution in [0.25, 0.3) is 16.7 Å². The van der Waals surface area contributed by atoms with Crippen molar-refractivity contribution in [3.63, 3.8) is 0 Å². The highest BCUT2D eigenvalue weighted by molar-refractivity contribution is 5.83. The summed E-state index contributed by atoms with van der Waals surface area (Å²) in [6.45, 7) is 3.20. The van der Waals surface area contributed by atoms with E-state index in [1.165, 1.54) is 24.7 Å². The second-order valence-electron chi connectivity index (χ2n) is 8.19. The fraction of sp³-hybridized carbons (Fsp3) is 0.333. The first-order valence-electron chi connectivity index (χ1n) is 10.9. The molecule has 0 amide bonds. The highest BCUT2D eigenvalue weighted by atomic mass is 16.5. The molecule has 0 bridgehead atoms. The molecule has 0 radical (unpaired) electrons. The largest absolute Gasteiger partial charge is 0.497 e. The highest BCUT2D eigenvalue weighted by Gasteiger charge is 2.20. The van der Waals surface area contributed by atoms with Gasteiger partial charge in [0.15, 0.2) is 5.82 Å². The Morgan fingerprint density at radius 2 is 1.94 bits per heavy atom. The van der Waals surface area contributed by atoms with Gasteiger partial charge in [-0.2, -0.15) is 5.10 Å². The third-order valence-corrected chi connectivity index (χ3v) is 6.28. The minimum atomic E-state index is -0.177. The van der Waals surface area contributed by atoms with Gasteiger partial charge >= 0.3 is 0 Å². The smallest absolute Gasteiger partial charge is 0.258 e. The van der Waals surface area contributed by atoms with Gasteiger partial charge in [-0.15, -0.1) is 0 Å². The van der Waals surface area contributed by atoms with E-state index in [1.54, 1.807) is 24.1 Å². The summed E-state index contributed by atoms with van der Waals surface area (Å²) in [5, 5.41) is 4.98. The van der Waals surface area contributed by atoms with Crippen molar-refractivity contribution in [1.29, 1.82) is 0 Å². The minimum absolute atomic E-state index is 0.177. The summed E-state index contributed by atoms with van der Waals surface area (Å²) in [6, 6.07) is 10.2. The number of hydrogen-bond acceptors (Lipinski definition) is 6. The molecular formula is C24H26N6O2. The van der Waals surface area contributed by atoms with Crippen LogP contribution in [0.1, 0.15) is 29.9 Å². The Hall–Kier alpha value is -3.52. The number of methoxy groups -OCH3 is 1. The summed E-state index contributed by atoms with van der Waals surface area (Å²) >= 11 is 0. The molecule has 0 saturated carbocycles. The van der Waals surface area contributed by atoms with E-state index in [0.29, 0.717) is 22.6 Å². The molecule has 0 atom stereocenters. The fourth-order valence-electron chi connectivity index (χ4n) is 4.41. The number of likely N-dealkylation sites (tertiary alicyclic amines) is 1. The number of piperidine rings is 1. The molecule has 5 rings (SSSR count). The van der Waals surface area contributed by atoms with Gasteiger partial charge in [0, 0.05) is 18.9 Å². The lowest BCUT2D eigenvalue weighted by Crippen LogP contribution is -2.34. The Balaban J connectivity index is 1.19. The van der Waals surface area contributed by atoms with Gasteiger partial charge in [0.25, 0.3) is 5.56 Å². The maximum Gasteiger partial charge on any atom is 0.258 e. The van der Waals surface area contributed by atoms with E-state index in [1.807, 2.05) is 12.4 Å². The summed E-state index contributed by atoms with van der Waals surface area (Å²) in [5.41, 5.74) is 2.92. The van der Waals surface area contributed by atoms with E-state index < -0.39 is 0 Å². The number of aromatic amines is 1. The average molecular weight is 431 g/mol. The SMILES string of the molecule is COc1ccc(C2CCN(CCc3cnn(-c4nccc5c(=O)[nH]cnc45)c3)CC2)cc1. The lowest BCUT2D eigenvalue weighted by Gasteiger charge is -2.32. The summed E-state index contributed by atoms with van der Waals surface area (Å²) in [4.78, 5) is 25.8. The molecule has 1 aliphatic heterocycles. The Morgan fingerprint density at radius 1 is 1.12 bits per heavy atom. The van der Waals surface area contributed by atoms with Gasteiger partial charge in [0.05, 0.1) is 25.0 Å². The molecule has 164 valence electrons. The third-order valence-electron chi connectivity index (χ3n) is 6.28. The molecule has 3 aromatic heterocycles. The van der Waals surface area contributed by atoms with Gasteiger partial charge in [-0.1, -0.05) is 12.1 Å². The van der Waals surface area contributed by atoms with Crippen LogP contribution in [-0.4, -0.2) is 56.4 Å². The number of pyridine rings is 1. The molecular weight excluding hydrogens is 404 g/mol. The monoisotopic (exact) mass is 430 g/mol. The molecule has 1 saturated heterocycles. The van der Waals surface area contributed by atoms with Crippen LogP contribution in [0, 0.1) is 0 Å². The first-order chi connectivity index (χ1) is 15.7. The van der Waals surface area contributed by atoms with E-state index in [-0.39, 0.29) is 5.56 Å². The molecule has 0 aliphatic carbocycles. The van der Waals surface area contributed by atoms with E-state index in [9.17, 15) is 4.79 Å². The molecule has 4 aromatic rings. The van der Waals surface area contributed by atoms with Crippen molar-refractivity contribution in [2.45, 2.75) is 25.2 Å². The van der Waals surface area contributed by atoms with Crippen molar-refractivity contribution in [2.75, 3.05) is 26.7 Å². The van der Waals surface area contributed by atoms with Gasteiger partial charge in [-0.25, -0.2) is 14.6 Å². The third kappa shape index (κ3) is 4.13. The maximum absolute atomic E-state index is 12.0. The zero-order valence-electron chi connectivity index (χ0n) is 18.1. The highest BCUT2D eigenvalue weighted by Crippen LogP contribution is 2.29. The van der Waals surface area contributed by atoms with Crippen LogP contribution in [-0.2, 0) is 6.42 Å². The number of H-pyrrole nitrogens is 1. The lowest BCUT2D eigenvalue weighted by molar-refractivity contribution is 0.214. The predicted molar refractivity (Wildman–Crippen MR) is 122 cm³/mol. The number of rotatable bonds is 6. The van der Waals surface area contributed by atoms with Crippen molar-refractivity contribution in [3.8, 4) is 11.6 Å². The number of fused-ring (bicyclic) bond motifs is 1. The topological polar surface area (TPSA) is 88.9 Å². The van der Waals surface area contributed by atoms with Gasteiger partial charge in [-0.05, 0) is 67.6 Å². The van der Waals surface area contributed by atoms with Crippen molar-refractivity contribution < 1.29 is 4.74 Å². The summed E-state index contributed by atoms with van der Waals surface area (Å²) < 4.78 is 6.97. The second kappa shape index (κ2) is 8.92. The van der Waals surface area contributed by atoms with Gasteiger partial charge in [0.1, 0.15) is 11.3 Å². The molecule has 0 unspecified atom stereocenters. The first-order valence-corrected chi connectivity index (χ1v) is 10.9. The average Bonchev–Trinajstić information content (AvgIpc) is 3.32. The van der Waals surface area contributed by atoms with Crippen LogP contribution in [0.15, 0.2) is 60.0 Å². The van der Waals surface area contributed by atoms with Crippen molar-refractivity contribution in [2.24, 2.45) is 0 Å². The number of nitrogens with zero attached hydrogens (tertiary/aromatic N) is 5. The minimum Gasteiger partial charge on any atom is -0.497 e. The van der Waals surface area contributed by atoms with Gasteiger partial charge in [0.2, 0.25) is 0 Å². The van der Waals surface area contributed by atoms with Crippen molar-refractivity contribution in [1.82, 2.24) is 29.6 Å². The summed E-state index contributed by atoms with van der Waals surface area (Å²) in [5.74, 6) is 2.10. The zero-order valence-corrected chi connectivity index (χ0v) is 18.1. The van der Waals surface area contributed by atoms with Crippen molar-refractivity contribution in [3.05, 3.63) is 76.7 Å². The summed E-state index contributed by atoms with van der Waals surface area (Å²) in [7, 11) is 1.70. The predicted octanol–water partition coefficient (Wildman–Crippen LogP) is 2.93. The molecule has 1 fully saturated rings. The Labute approximate surface area is 185 Å². The zero-order chi connectivity index (χ0) is 21.9. The van der Waals surface area contributed by atoms with E-state index >= 15 is 0 Å². The van der Waals surface area contributed by atoms with Crippen LogP contribution < -0.4 is 10.3 Å².